The van der Waals surface area contributed by atoms with Gasteiger partial charge in [-0.1, -0.05) is 41.6 Å². The van der Waals surface area contributed by atoms with E-state index in [9.17, 15) is 18.0 Å². The molecule has 3 aromatic rings. The van der Waals surface area contributed by atoms with Gasteiger partial charge in [-0.15, -0.1) is 0 Å². The van der Waals surface area contributed by atoms with Crippen molar-refractivity contribution >= 4 is 11.6 Å². The highest BCUT2D eigenvalue weighted by atomic mass is 19.4. The van der Waals surface area contributed by atoms with Gasteiger partial charge in [-0.05, 0) is 18.2 Å². The normalized spacial score (nSPS) is 11.3. The number of alkyl halides is 3. The number of aromatic nitrogens is 1. The molecule has 0 aliphatic heterocycles. The van der Waals surface area contributed by atoms with Crippen LogP contribution >= 0.6 is 0 Å². The third-order valence-corrected chi connectivity index (χ3v) is 3.43. The predicted octanol–water partition coefficient (Wildman–Crippen LogP) is 4.54. The molecular formula is C18H13F3N2O2. The van der Waals surface area contributed by atoms with Gasteiger partial charge in [0, 0.05) is 17.3 Å². The van der Waals surface area contributed by atoms with E-state index in [0.717, 1.165) is 17.7 Å². The van der Waals surface area contributed by atoms with Crippen molar-refractivity contribution in [3.8, 4) is 11.3 Å². The summed E-state index contributed by atoms with van der Waals surface area (Å²) in [6, 6.07) is 15.3. The average Bonchev–Trinajstić information content (AvgIpc) is 3.03. The Morgan fingerprint density at radius 2 is 1.80 bits per heavy atom. The summed E-state index contributed by atoms with van der Waals surface area (Å²) in [5.41, 5.74) is 0.465. The number of rotatable bonds is 4. The molecule has 1 amide bonds. The van der Waals surface area contributed by atoms with Crippen LogP contribution in [0.15, 0.2) is 65.2 Å². The first-order valence-corrected chi connectivity index (χ1v) is 7.40. The van der Waals surface area contributed by atoms with Gasteiger partial charge in [0.25, 0.3) is 0 Å². The first-order valence-electron chi connectivity index (χ1n) is 7.40. The van der Waals surface area contributed by atoms with Gasteiger partial charge in [0.2, 0.25) is 5.91 Å². The zero-order valence-corrected chi connectivity index (χ0v) is 12.9. The summed E-state index contributed by atoms with van der Waals surface area (Å²) in [6.45, 7) is 0. The van der Waals surface area contributed by atoms with E-state index in [0.29, 0.717) is 11.5 Å². The van der Waals surface area contributed by atoms with Crippen LogP contribution < -0.4 is 5.32 Å². The highest BCUT2D eigenvalue weighted by Crippen LogP contribution is 2.30. The molecule has 4 nitrogen and oxygen atoms in total. The second-order valence-electron chi connectivity index (χ2n) is 5.35. The second kappa shape index (κ2) is 6.80. The monoisotopic (exact) mass is 346 g/mol. The van der Waals surface area contributed by atoms with Crippen molar-refractivity contribution in [3.05, 3.63) is 71.9 Å². The van der Waals surface area contributed by atoms with Crippen molar-refractivity contribution < 1.29 is 22.5 Å². The van der Waals surface area contributed by atoms with Gasteiger partial charge in [0.05, 0.1) is 17.7 Å². The largest absolute Gasteiger partial charge is 0.416 e. The van der Waals surface area contributed by atoms with Crippen LogP contribution in [0.3, 0.4) is 0 Å². The van der Waals surface area contributed by atoms with Crippen molar-refractivity contribution in [2.75, 3.05) is 5.32 Å². The molecule has 25 heavy (non-hydrogen) atoms. The third-order valence-electron chi connectivity index (χ3n) is 3.43. The number of hydrogen-bond donors (Lipinski definition) is 1. The number of benzene rings is 2. The number of carbonyl (C=O) groups is 1. The molecule has 0 saturated carbocycles. The summed E-state index contributed by atoms with van der Waals surface area (Å²) in [5.74, 6) is 0.0368. The summed E-state index contributed by atoms with van der Waals surface area (Å²) in [7, 11) is 0. The second-order valence-corrected chi connectivity index (χ2v) is 5.35. The molecule has 1 N–H and O–H groups in total. The lowest BCUT2D eigenvalue weighted by Gasteiger charge is -2.09. The fraction of sp³-hybridized carbons (Fsp3) is 0.111. The van der Waals surface area contributed by atoms with Crippen molar-refractivity contribution in [3.63, 3.8) is 0 Å². The molecule has 2 aromatic carbocycles. The quantitative estimate of drug-likeness (QED) is 0.754. The van der Waals surface area contributed by atoms with Gasteiger partial charge < -0.3 is 9.84 Å². The highest BCUT2D eigenvalue weighted by Gasteiger charge is 2.30. The number of halogens is 3. The van der Waals surface area contributed by atoms with E-state index in [2.05, 4.69) is 10.5 Å². The Morgan fingerprint density at radius 3 is 2.52 bits per heavy atom. The molecule has 0 bridgehead atoms. The van der Waals surface area contributed by atoms with Crippen molar-refractivity contribution in [2.24, 2.45) is 0 Å². The van der Waals surface area contributed by atoms with Crippen molar-refractivity contribution in [1.82, 2.24) is 5.16 Å². The summed E-state index contributed by atoms with van der Waals surface area (Å²) in [4.78, 5) is 12.0. The number of amides is 1. The zero-order valence-electron chi connectivity index (χ0n) is 12.9. The van der Waals surface area contributed by atoms with Gasteiger partial charge >= 0.3 is 6.18 Å². The molecule has 7 heteroatoms. The Labute approximate surface area is 141 Å². The van der Waals surface area contributed by atoms with Crippen molar-refractivity contribution in [1.29, 1.82) is 0 Å². The first-order chi connectivity index (χ1) is 11.9. The minimum absolute atomic E-state index is 0.0756. The van der Waals surface area contributed by atoms with Gasteiger partial charge in [-0.2, -0.15) is 13.2 Å². The summed E-state index contributed by atoms with van der Waals surface area (Å²) < 4.78 is 43.2. The van der Waals surface area contributed by atoms with E-state index in [-0.39, 0.29) is 12.1 Å². The van der Waals surface area contributed by atoms with Gasteiger partial charge in [-0.25, -0.2) is 0 Å². The average molecular weight is 346 g/mol. The Balaban J connectivity index is 1.67. The SMILES string of the molecule is O=C(Cc1cc(-c2ccccc2)on1)Nc1cccc(C(F)(F)F)c1. The van der Waals surface area contributed by atoms with Crippen LogP contribution in [0.4, 0.5) is 18.9 Å². The predicted molar refractivity (Wildman–Crippen MR) is 85.7 cm³/mol. The van der Waals surface area contributed by atoms with Crippen molar-refractivity contribution in [2.45, 2.75) is 12.6 Å². The Morgan fingerprint density at radius 1 is 1.04 bits per heavy atom. The Hall–Kier alpha value is -3.09. The highest BCUT2D eigenvalue weighted by molar-refractivity contribution is 5.92. The standard InChI is InChI=1S/C18H13F3N2O2/c19-18(20,21)13-7-4-8-14(9-13)22-17(24)11-15-10-16(25-23-15)12-5-2-1-3-6-12/h1-10H,11H2,(H,22,24). The van der Waals surface area contributed by atoms with E-state index in [4.69, 9.17) is 4.52 Å². The lowest BCUT2D eigenvalue weighted by Crippen LogP contribution is -2.15. The summed E-state index contributed by atoms with van der Waals surface area (Å²) in [6.07, 6.45) is -4.57. The minimum atomic E-state index is -4.46. The smallest absolute Gasteiger partial charge is 0.356 e. The first kappa shape index (κ1) is 16.8. The van der Waals surface area contributed by atoms with E-state index in [1.54, 1.807) is 6.07 Å². The maximum absolute atomic E-state index is 12.7. The lowest BCUT2D eigenvalue weighted by atomic mass is 10.1. The maximum Gasteiger partial charge on any atom is 0.416 e. The van der Waals surface area contributed by atoms with Crippen LogP contribution in [0, 0.1) is 0 Å². The molecule has 0 atom stereocenters. The fourth-order valence-corrected chi connectivity index (χ4v) is 2.28. The van der Waals surface area contributed by atoms with Crippen LogP contribution in [0.1, 0.15) is 11.3 Å². The number of anilines is 1. The Kier molecular flexibility index (Phi) is 4.56. The van der Waals surface area contributed by atoms with Crippen LogP contribution in [-0.4, -0.2) is 11.1 Å². The van der Waals surface area contributed by atoms with Gasteiger partial charge in [0.15, 0.2) is 5.76 Å². The van der Waals surface area contributed by atoms with E-state index >= 15 is 0 Å². The molecule has 128 valence electrons. The van der Waals surface area contributed by atoms with Gasteiger partial charge in [0.1, 0.15) is 0 Å². The van der Waals surface area contributed by atoms with E-state index in [1.165, 1.54) is 12.1 Å². The fourth-order valence-electron chi connectivity index (χ4n) is 2.28. The maximum atomic E-state index is 12.7. The number of nitrogens with one attached hydrogen (secondary N) is 1. The van der Waals surface area contributed by atoms with Crippen LogP contribution in [0.2, 0.25) is 0 Å². The molecule has 3 rings (SSSR count). The van der Waals surface area contributed by atoms with Gasteiger partial charge in [-0.3, -0.25) is 4.79 Å². The third kappa shape index (κ3) is 4.26. The molecule has 0 fully saturated rings. The molecule has 1 aromatic heterocycles. The molecule has 1 heterocycles. The number of nitrogens with zero attached hydrogens (tertiary/aromatic N) is 1. The zero-order chi connectivity index (χ0) is 17.9. The lowest BCUT2D eigenvalue weighted by molar-refractivity contribution is -0.137. The van der Waals surface area contributed by atoms with E-state index < -0.39 is 17.6 Å². The van der Waals surface area contributed by atoms with E-state index in [1.807, 2.05) is 30.3 Å². The van der Waals surface area contributed by atoms with Crippen LogP contribution in [0.25, 0.3) is 11.3 Å². The Bertz CT molecular complexity index is 873. The summed E-state index contributed by atoms with van der Waals surface area (Å²) >= 11 is 0. The van der Waals surface area contributed by atoms with Crippen LogP contribution in [0.5, 0.6) is 0 Å². The molecule has 0 unspecified atom stereocenters. The minimum Gasteiger partial charge on any atom is -0.356 e. The molecule has 0 aliphatic carbocycles. The number of hydrogen-bond acceptors (Lipinski definition) is 3. The molecule has 0 aliphatic rings. The molecule has 0 saturated heterocycles. The molecular weight excluding hydrogens is 333 g/mol. The number of carbonyl (C=O) groups excluding carboxylic acids is 1. The molecule has 0 spiro atoms. The topological polar surface area (TPSA) is 55.1 Å². The van der Waals surface area contributed by atoms with Crippen LogP contribution in [-0.2, 0) is 17.4 Å². The summed E-state index contributed by atoms with van der Waals surface area (Å²) in [5, 5.41) is 6.25. The molecule has 0 radical (unpaired) electrons.